The highest BCUT2D eigenvalue weighted by molar-refractivity contribution is 7.89. The first-order valence-electron chi connectivity index (χ1n) is 8.83. The van der Waals surface area contributed by atoms with Crippen LogP contribution in [0.4, 0.5) is 0 Å². The Hall–Kier alpha value is -2.73. The van der Waals surface area contributed by atoms with Crippen LogP contribution in [-0.4, -0.2) is 44.0 Å². The molecule has 2 aromatic carbocycles. The van der Waals surface area contributed by atoms with E-state index in [9.17, 15) is 18.3 Å². The van der Waals surface area contributed by atoms with Gasteiger partial charge in [0.05, 0.1) is 16.5 Å². The molecule has 2 N–H and O–H groups in total. The summed E-state index contributed by atoms with van der Waals surface area (Å²) in [6, 6.07) is 12.0. The van der Waals surface area contributed by atoms with Crippen LogP contribution in [0, 0.1) is 11.3 Å². The third-order valence-electron chi connectivity index (χ3n) is 4.78. The monoisotopic (exact) mass is 399 g/mol. The topological polar surface area (TPSA) is 111 Å². The standard InChI is InChI=1S/C20H21N3O4S/c1-23-8-7-16-5-6-18(11-17(16)13-23)28(26,27)22-19(20(24)25)10-14-3-2-4-15(9-14)12-21/h2-6,9,11,19,22H,7-8,10,13H2,1H3,(H,24,25)/t19-/m1/s1. The molecule has 0 bridgehead atoms. The molecule has 0 unspecified atom stereocenters. The molecule has 0 aromatic heterocycles. The summed E-state index contributed by atoms with van der Waals surface area (Å²) in [5, 5.41) is 18.5. The van der Waals surface area contributed by atoms with Crippen LogP contribution in [0.3, 0.4) is 0 Å². The second kappa shape index (κ2) is 8.10. The lowest BCUT2D eigenvalue weighted by Gasteiger charge is -2.25. The van der Waals surface area contributed by atoms with Crippen molar-refractivity contribution >= 4 is 16.0 Å². The molecule has 146 valence electrons. The number of nitrogens with one attached hydrogen (secondary N) is 1. The van der Waals surface area contributed by atoms with Gasteiger partial charge in [-0.05, 0) is 60.8 Å². The van der Waals surface area contributed by atoms with Crippen LogP contribution in [0.25, 0.3) is 0 Å². The smallest absolute Gasteiger partial charge is 0.322 e. The Labute approximate surface area is 164 Å². The summed E-state index contributed by atoms with van der Waals surface area (Å²) < 4.78 is 27.9. The number of benzene rings is 2. The summed E-state index contributed by atoms with van der Waals surface area (Å²) in [5.74, 6) is -1.27. The molecule has 0 saturated carbocycles. The molecular formula is C20H21N3O4S. The summed E-state index contributed by atoms with van der Waals surface area (Å²) in [4.78, 5) is 13.8. The van der Waals surface area contributed by atoms with Gasteiger partial charge in [-0.15, -0.1) is 0 Å². The molecule has 0 saturated heterocycles. The number of rotatable bonds is 6. The highest BCUT2D eigenvalue weighted by Gasteiger charge is 2.27. The maximum Gasteiger partial charge on any atom is 0.322 e. The average Bonchev–Trinajstić information content (AvgIpc) is 2.66. The number of nitriles is 1. The van der Waals surface area contributed by atoms with Gasteiger partial charge < -0.3 is 10.0 Å². The Balaban J connectivity index is 1.83. The summed E-state index contributed by atoms with van der Waals surface area (Å²) in [6.07, 6.45) is 0.796. The number of fused-ring (bicyclic) bond motifs is 1. The first-order valence-corrected chi connectivity index (χ1v) is 10.3. The number of hydrogen-bond donors (Lipinski definition) is 2. The van der Waals surface area contributed by atoms with Crippen LogP contribution >= 0.6 is 0 Å². The number of carboxylic acids is 1. The van der Waals surface area contributed by atoms with Gasteiger partial charge >= 0.3 is 5.97 Å². The molecule has 0 amide bonds. The zero-order valence-corrected chi connectivity index (χ0v) is 16.2. The number of hydrogen-bond acceptors (Lipinski definition) is 5. The predicted molar refractivity (Wildman–Crippen MR) is 103 cm³/mol. The molecule has 1 atom stereocenters. The molecule has 0 spiro atoms. The Kier molecular flexibility index (Phi) is 5.79. The van der Waals surface area contributed by atoms with E-state index in [4.69, 9.17) is 5.26 Å². The molecule has 28 heavy (non-hydrogen) atoms. The number of nitrogens with zero attached hydrogens (tertiary/aromatic N) is 2. The highest BCUT2D eigenvalue weighted by atomic mass is 32.2. The van der Waals surface area contributed by atoms with E-state index in [0.29, 0.717) is 17.7 Å². The summed E-state index contributed by atoms with van der Waals surface area (Å²) in [5.41, 5.74) is 3.01. The summed E-state index contributed by atoms with van der Waals surface area (Å²) >= 11 is 0. The maximum atomic E-state index is 12.8. The Bertz CT molecular complexity index is 1040. The second-order valence-electron chi connectivity index (χ2n) is 6.95. The number of carbonyl (C=O) groups is 1. The fraction of sp³-hybridized carbons (Fsp3) is 0.300. The largest absolute Gasteiger partial charge is 0.480 e. The van der Waals surface area contributed by atoms with Gasteiger partial charge in [-0.2, -0.15) is 9.98 Å². The first-order chi connectivity index (χ1) is 13.3. The van der Waals surface area contributed by atoms with E-state index >= 15 is 0 Å². The van der Waals surface area contributed by atoms with Crippen LogP contribution in [-0.2, 0) is 34.2 Å². The molecule has 1 aliphatic rings. The number of sulfonamides is 1. The molecule has 1 aliphatic heterocycles. The van der Waals surface area contributed by atoms with Crippen molar-refractivity contribution in [3.05, 3.63) is 64.7 Å². The normalized spacial score (nSPS) is 15.4. The van der Waals surface area contributed by atoms with E-state index in [2.05, 4.69) is 9.62 Å². The fourth-order valence-corrected chi connectivity index (χ4v) is 4.52. The van der Waals surface area contributed by atoms with E-state index in [-0.39, 0.29) is 11.3 Å². The zero-order chi connectivity index (χ0) is 20.3. The van der Waals surface area contributed by atoms with Crippen LogP contribution < -0.4 is 4.72 Å². The highest BCUT2D eigenvalue weighted by Crippen LogP contribution is 2.22. The van der Waals surface area contributed by atoms with Crippen molar-refractivity contribution in [1.29, 1.82) is 5.26 Å². The van der Waals surface area contributed by atoms with Crippen molar-refractivity contribution in [2.24, 2.45) is 0 Å². The van der Waals surface area contributed by atoms with E-state index in [0.717, 1.165) is 24.1 Å². The van der Waals surface area contributed by atoms with Gasteiger partial charge in [-0.1, -0.05) is 18.2 Å². The van der Waals surface area contributed by atoms with Crippen molar-refractivity contribution in [3.63, 3.8) is 0 Å². The number of likely N-dealkylation sites (N-methyl/N-ethyl adjacent to an activating group) is 1. The molecule has 2 aromatic rings. The van der Waals surface area contributed by atoms with E-state index in [1.54, 1.807) is 36.4 Å². The summed E-state index contributed by atoms with van der Waals surface area (Å²) in [7, 11) is -2.04. The van der Waals surface area contributed by atoms with Gasteiger partial charge in [-0.25, -0.2) is 8.42 Å². The SMILES string of the molecule is CN1CCc2ccc(S(=O)(=O)N[C@H](Cc3cccc(C#N)c3)C(=O)O)cc2C1. The lowest BCUT2D eigenvalue weighted by atomic mass is 10.0. The second-order valence-corrected chi connectivity index (χ2v) is 8.66. The third kappa shape index (κ3) is 4.57. The molecule has 7 nitrogen and oxygen atoms in total. The van der Waals surface area contributed by atoms with Gasteiger partial charge in [0.25, 0.3) is 0 Å². The minimum Gasteiger partial charge on any atom is -0.480 e. The lowest BCUT2D eigenvalue weighted by Crippen LogP contribution is -2.42. The maximum absolute atomic E-state index is 12.8. The van der Waals surface area contributed by atoms with Crippen LogP contribution in [0.2, 0.25) is 0 Å². The minimum absolute atomic E-state index is 0.0542. The van der Waals surface area contributed by atoms with Crippen molar-refractivity contribution < 1.29 is 18.3 Å². The third-order valence-corrected chi connectivity index (χ3v) is 6.25. The number of carboxylic acid groups (broad SMARTS) is 1. The van der Waals surface area contributed by atoms with E-state index < -0.39 is 22.0 Å². The Morgan fingerprint density at radius 3 is 2.79 bits per heavy atom. The van der Waals surface area contributed by atoms with Crippen LogP contribution in [0.5, 0.6) is 0 Å². The number of aliphatic carboxylic acids is 1. The van der Waals surface area contributed by atoms with Gasteiger partial charge in [0.15, 0.2) is 0 Å². The van der Waals surface area contributed by atoms with E-state index in [1.807, 2.05) is 13.1 Å². The van der Waals surface area contributed by atoms with Gasteiger partial charge in [0.1, 0.15) is 6.04 Å². The van der Waals surface area contributed by atoms with Gasteiger partial charge in [0.2, 0.25) is 10.0 Å². The Morgan fingerprint density at radius 1 is 1.29 bits per heavy atom. The molecule has 0 fully saturated rings. The van der Waals surface area contributed by atoms with Crippen molar-refractivity contribution in [2.75, 3.05) is 13.6 Å². The van der Waals surface area contributed by atoms with Crippen LogP contribution in [0.15, 0.2) is 47.4 Å². The van der Waals surface area contributed by atoms with E-state index in [1.165, 1.54) is 6.07 Å². The van der Waals surface area contributed by atoms with Crippen molar-refractivity contribution in [1.82, 2.24) is 9.62 Å². The minimum atomic E-state index is -4.01. The lowest BCUT2D eigenvalue weighted by molar-refractivity contribution is -0.138. The van der Waals surface area contributed by atoms with Gasteiger partial charge in [0, 0.05) is 13.1 Å². The molecule has 8 heteroatoms. The zero-order valence-electron chi connectivity index (χ0n) is 15.4. The van der Waals surface area contributed by atoms with Gasteiger partial charge in [-0.3, -0.25) is 4.79 Å². The average molecular weight is 399 g/mol. The Morgan fingerprint density at radius 2 is 2.07 bits per heavy atom. The molecular weight excluding hydrogens is 378 g/mol. The predicted octanol–water partition coefficient (Wildman–Crippen LogP) is 1.52. The van der Waals surface area contributed by atoms with Crippen molar-refractivity contribution in [2.45, 2.75) is 30.3 Å². The molecule has 0 aliphatic carbocycles. The van der Waals surface area contributed by atoms with Crippen LogP contribution in [0.1, 0.15) is 22.3 Å². The quantitative estimate of drug-likeness (QED) is 0.762. The molecule has 1 heterocycles. The summed E-state index contributed by atoms with van der Waals surface area (Å²) in [6.45, 7) is 1.57. The molecule has 0 radical (unpaired) electrons. The van der Waals surface area contributed by atoms with Crippen molar-refractivity contribution in [3.8, 4) is 6.07 Å². The first kappa shape index (κ1) is 20.0. The molecule has 3 rings (SSSR count). The fourth-order valence-electron chi connectivity index (χ4n) is 3.28.